The highest BCUT2D eigenvalue weighted by Crippen LogP contribution is 2.29. The second-order valence-electron chi connectivity index (χ2n) is 6.13. The molecule has 0 aliphatic heterocycles. The highest BCUT2D eigenvalue weighted by atomic mass is 32.2. The second kappa shape index (κ2) is 7.58. The highest BCUT2D eigenvalue weighted by molar-refractivity contribution is 7.99. The van der Waals surface area contributed by atoms with Gasteiger partial charge in [0.15, 0.2) is 10.9 Å². The highest BCUT2D eigenvalue weighted by Gasteiger charge is 2.35. The molecule has 2 aromatic rings. The molecule has 0 spiro atoms. The number of hydrogen-bond donors (Lipinski definition) is 3. The van der Waals surface area contributed by atoms with E-state index < -0.39 is 11.1 Å². The second-order valence-corrected chi connectivity index (χ2v) is 7.10. The Bertz CT molecular complexity index is 914. The molecule has 0 saturated heterocycles. The monoisotopic (exact) mass is 370 g/mol. The number of H-pyrrole nitrogens is 1. The van der Waals surface area contributed by atoms with Crippen LogP contribution in [0.15, 0.2) is 34.2 Å². The van der Waals surface area contributed by atoms with Gasteiger partial charge < -0.3 is 11.1 Å². The van der Waals surface area contributed by atoms with E-state index in [9.17, 15) is 14.9 Å². The van der Waals surface area contributed by atoms with Crippen LogP contribution in [0.2, 0.25) is 0 Å². The number of nitriles is 1. The first-order valence-electron chi connectivity index (χ1n) is 8.20. The standard InChI is InChI=1S/C17H18N6O2S/c18-10-17(7-3-4-8-17)21-13(24)9-26-16-20-15(25)14(22-23-16)11-5-1-2-6-12(11)19/h1-2,5-6H,3-4,7-9,19H2,(H,21,24)(H,20,23,25). The number of aromatic amines is 1. The van der Waals surface area contributed by atoms with Crippen LogP contribution in [0.1, 0.15) is 25.7 Å². The van der Waals surface area contributed by atoms with Crippen molar-refractivity contribution >= 4 is 23.4 Å². The molecular weight excluding hydrogens is 352 g/mol. The molecule has 0 atom stereocenters. The van der Waals surface area contributed by atoms with Crippen molar-refractivity contribution < 1.29 is 4.79 Å². The number of nitrogens with one attached hydrogen (secondary N) is 2. The summed E-state index contributed by atoms with van der Waals surface area (Å²) in [6.07, 6.45) is 3.21. The topological polar surface area (TPSA) is 138 Å². The van der Waals surface area contributed by atoms with Gasteiger partial charge in [0.25, 0.3) is 5.56 Å². The molecule has 1 fully saturated rings. The quantitative estimate of drug-likeness (QED) is 0.535. The number of amides is 1. The molecular formula is C17H18N6O2S. The van der Waals surface area contributed by atoms with Crippen LogP contribution in [0.5, 0.6) is 0 Å². The van der Waals surface area contributed by atoms with Gasteiger partial charge in [-0.1, -0.05) is 30.0 Å². The number of carbonyl (C=O) groups is 1. The van der Waals surface area contributed by atoms with Gasteiger partial charge in [-0.05, 0) is 31.7 Å². The third-order valence-corrected chi connectivity index (χ3v) is 5.15. The van der Waals surface area contributed by atoms with Crippen LogP contribution in [0.3, 0.4) is 0 Å². The molecule has 1 aliphatic rings. The van der Waals surface area contributed by atoms with Crippen molar-refractivity contribution in [2.75, 3.05) is 11.5 Å². The minimum absolute atomic E-state index is 0.0425. The van der Waals surface area contributed by atoms with Crippen molar-refractivity contribution in [2.24, 2.45) is 0 Å². The van der Waals surface area contributed by atoms with E-state index in [1.165, 1.54) is 0 Å². The summed E-state index contributed by atoms with van der Waals surface area (Å²) in [5.41, 5.74) is 5.75. The molecule has 8 nitrogen and oxygen atoms in total. The van der Waals surface area contributed by atoms with Gasteiger partial charge >= 0.3 is 0 Å². The minimum atomic E-state index is -0.759. The molecule has 9 heteroatoms. The molecule has 26 heavy (non-hydrogen) atoms. The smallest absolute Gasteiger partial charge is 0.278 e. The van der Waals surface area contributed by atoms with E-state index in [0.717, 1.165) is 24.6 Å². The largest absolute Gasteiger partial charge is 0.398 e. The van der Waals surface area contributed by atoms with Gasteiger partial charge in [-0.2, -0.15) is 5.26 Å². The van der Waals surface area contributed by atoms with Crippen LogP contribution in [-0.2, 0) is 4.79 Å². The number of benzene rings is 1. The predicted octanol–water partition coefficient (Wildman–Crippen LogP) is 1.46. The van der Waals surface area contributed by atoms with Gasteiger partial charge in [0.1, 0.15) is 5.54 Å². The fraction of sp³-hybridized carbons (Fsp3) is 0.353. The summed E-state index contributed by atoms with van der Waals surface area (Å²) in [5, 5.41) is 20.2. The predicted molar refractivity (Wildman–Crippen MR) is 98.2 cm³/mol. The molecule has 1 heterocycles. The van der Waals surface area contributed by atoms with Crippen LogP contribution < -0.4 is 16.6 Å². The Kier molecular flexibility index (Phi) is 5.23. The Hall–Kier alpha value is -2.86. The first-order chi connectivity index (χ1) is 12.5. The number of anilines is 1. The number of hydrogen-bond acceptors (Lipinski definition) is 7. The van der Waals surface area contributed by atoms with Crippen molar-refractivity contribution in [3.05, 3.63) is 34.6 Å². The fourth-order valence-electron chi connectivity index (χ4n) is 2.96. The van der Waals surface area contributed by atoms with Crippen LogP contribution in [-0.4, -0.2) is 32.4 Å². The van der Waals surface area contributed by atoms with Crippen molar-refractivity contribution in [3.63, 3.8) is 0 Å². The SMILES string of the molecule is N#CC1(NC(=O)CSc2nnc(-c3ccccc3N)c(=O)[nH]2)CCCC1. The Balaban J connectivity index is 1.65. The number of thioether (sulfide) groups is 1. The number of nitrogens with two attached hydrogens (primary N) is 1. The average Bonchev–Trinajstić information content (AvgIpc) is 3.10. The third-order valence-electron chi connectivity index (χ3n) is 4.28. The molecule has 0 radical (unpaired) electrons. The fourth-order valence-corrected chi connectivity index (χ4v) is 3.56. The summed E-state index contributed by atoms with van der Waals surface area (Å²) < 4.78 is 0. The Morgan fingerprint density at radius 3 is 2.73 bits per heavy atom. The molecule has 4 N–H and O–H groups in total. The lowest BCUT2D eigenvalue weighted by Gasteiger charge is -2.21. The molecule has 1 aromatic carbocycles. The summed E-state index contributed by atoms with van der Waals surface area (Å²) in [7, 11) is 0. The van der Waals surface area contributed by atoms with Crippen LogP contribution in [0.4, 0.5) is 5.69 Å². The van der Waals surface area contributed by atoms with E-state index in [0.29, 0.717) is 24.1 Å². The van der Waals surface area contributed by atoms with Crippen molar-refractivity contribution in [1.29, 1.82) is 5.26 Å². The number of nitrogen functional groups attached to an aromatic ring is 1. The number of carbonyl (C=O) groups excluding carboxylic acids is 1. The van der Waals surface area contributed by atoms with Gasteiger partial charge in [0.2, 0.25) is 5.91 Å². The number of rotatable bonds is 5. The minimum Gasteiger partial charge on any atom is -0.398 e. The molecule has 0 bridgehead atoms. The van der Waals surface area contributed by atoms with E-state index in [4.69, 9.17) is 5.73 Å². The lowest BCUT2D eigenvalue weighted by molar-refractivity contribution is -0.119. The van der Waals surface area contributed by atoms with E-state index in [-0.39, 0.29) is 22.5 Å². The normalized spacial score (nSPS) is 15.3. The van der Waals surface area contributed by atoms with Crippen LogP contribution in [0.25, 0.3) is 11.3 Å². The van der Waals surface area contributed by atoms with E-state index >= 15 is 0 Å². The van der Waals surface area contributed by atoms with Gasteiger partial charge in [0.05, 0.1) is 11.8 Å². The molecule has 134 valence electrons. The summed E-state index contributed by atoms with van der Waals surface area (Å²) in [6.45, 7) is 0. The number of para-hydroxylation sites is 1. The zero-order valence-corrected chi connectivity index (χ0v) is 14.8. The zero-order chi connectivity index (χ0) is 18.6. The Labute approximate surface area is 154 Å². The zero-order valence-electron chi connectivity index (χ0n) is 14.0. The summed E-state index contributed by atoms with van der Waals surface area (Å²) >= 11 is 1.06. The van der Waals surface area contributed by atoms with Gasteiger partial charge in [-0.25, -0.2) is 0 Å². The molecule has 0 unspecified atom stereocenters. The molecule has 3 rings (SSSR count). The average molecular weight is 370 g/mol. The van der Waals surface area contributed by atoms with Gasteiger partial charge in [-0.15, -0.1) is 10.2 Å². The first kappa shape index (κ1) is 17.9. The number of aromatic nitrogens is 3. The molecule has 1 aliphatic carbocycles. The summed E-state index contributed by atoms with van der Waals surface area (Å²) in [5.74, 6) is -0.224. The van der Waals surface area contributed by atoms with Crippen LogP contribution >= 0.6 is 11.8 Å². The van der Waals surface area contributed by atoms with Gasteiger partial charge in [-0.3, -0.25) is 14.6 Å². The van der Waals surface area contributed by atoms with Crippen molar-refractivity contribution in [2.45, 2.75) is 36.4 Å². The maximum Gasteiger partial charge on any atom is 0.278 e. The van der Waals surface area contributed by atoms with Crippen molar-refractivity contribution in [1.82, 2.24) is 20.5 Å². The van der Waals surface area contributed by atoms with Crippen LogP contribution in [0, 0.1) is 11.3 Å². The van der Waals surface area contributed by atoms with E-state index in [2.05, 4.69) is 26.6 Å². The summed E-state index contributed by atoms with van der Waals surface area (Å²) in [6, 6.07) is 9.10. The molecule has 1 aromatic heterocycles. The Morgan fingerprint density at radius 2 is 2.08 bits per heavy atom. The first-order valence-corrected chi connectivity index (χ1v) is 9.18. The number of nitrogens with zero attached hydrogens (tertiary/aromatic N) is 3. The third kappa shape index (κ3) is 3.86. The maximum atomic E-state index is 12.2. The molecule has 1 saturated carbocycles. The van der Waals surface area contributed by atoms with Gasteiger partial charge in [0, 0.05) is 11.3 Å². The van der Waals surface area contributed by atoms with E-state index in [1.807, 2.05) is 0 Å². The lowest BCUT2D eigenvalue weighted by atomic mass is 10.0. The lowest BCUT2D eigenvalue weighted by Crippen LogP contribution is -2.45. The van der Waals surface area contributed by atoms with Crippen molar-refractivity contribution in [3.8, 4) is 17.3 Å². The maximum absolute atomic E-state index is 12.2. The van der Waals surface area contributed by atoms with E-state index in [1.54, 1.807) is 24.3 Å². The Morgan fingerprint density at radius 1 is 1.35 bits per heavy atom. The summed E-state index contributed by atoms with van der Waals surface area (Å²) in [4.78, 5) is 27.0. The molecule has 1 amide bonds.